The van der Waals surface area contributed by atoms with E-state index in [4.69, 9.17) is 0 Å². The second-order valence-corrected chi connectivity index (χ2v) is 10.8. The van der Waals surface area contributed by atoms with Crippen LogP contribution in [0.3, 0.4) is 0 Å². The molecular formula is C27H31N3O3S. The highest BCUT2D eigenvalue weighted by molar-refractivity contribution is 7.92. The van der Waals surface area contributed by atoms with E-state index in [1.165, 1.54) is 16.2 Å². The van der Waals surface area contributed by atoms with Gasteiger partial charge in [0.15, 0.2) is 0 Å². The number of hydrogen-bond acceptors (Lipinski definition) is 4. The number of aryl methyl sites for hydroxylation is 2. The van der Waals surface area contributed by atoms with Gasteiger partial charge >= 0.3 is 0 Å². The Morgan fingerprint density at radius 3 is 2.09 bits per heavy atom. The largest absolute Gasteiger partial charge is 0.368 e. The average Bonchev–Trinajstić information content (AvgIpc) is 2.84. The highest BCUT2D eigenvalue weighted by Gasteiger charge is 2.23. The number of piperazine rings is 1. The van der Waals surface area contributed by atoms with Gasteiger partial charge in [-0.25, -0.2) is 8.42 Å². The smallest absolute Gasteiger partial charge is 0.253 e. The second kappa shape index (κ2) is 9.89. The Bertz CT molecular complexity index is 1250. The molecule has 1 fully saturated rings. The summed E-state index contributed by atoms with van der Waals surface area (Å²) >= 11 is 0. The number of hydrogen-bond donors (Lipinski definition) is 0. The van der Waals surface area contributed by atoms with Gasteiger partial charge in [0, 0.05) is 37.4 Å². The first-order chi connectivity index (χ1) is 16.2. The number of carbonyl (C=O) groups excluding carboxylic acids is 1. The van der Waals surface area contributed by atoms with Crippen molar-refractivity contribution in [2.45, 2.75) is 20.4 Å². The van der Waals surface area contributed by atoms with Crippen molar-refractivity contribution in [3.63, 3.8) is 0 Å². The molecule has 0 spiro atoms. The van der Waals surface area contributed by atoms with E-state index >= 15 is 0 Å². The predicted octanol–water partition coefficient (Wildman–Crippen LogP) is 4.23. The van der Waals surface area contributed by atoms with E-state index in [2.05, 4.69) is 17.0 Å². The molecular weight excluding hydrogens is 446 g/mol. The number of benzene rings is 3. The van der Waals surface area contributed by atoms with Gasteiger partial charge in [0.05, 0.1) is 18.5 Å². The third-order valence-corrected chi connectivity index (χ3v) is 7.53. The van der Waals surface area contributed by atoms with Crippen LogP contribution in [0.5, 0.6) is 0 Å². The van der Waals surface area contributed by atoms with Gasteiger partial charge in [0.25, 0.3) is 5.91 Å². The van der Waals surface area contributed by atoms with Crippen LogP contribution in [0, 0.1) is 13.8 Å². The fraction of sp³-hybridized carbons (Fsp3) is 0.296. The van der Waals surface area contributed by atoms with Gasteiger partial charge in [0.1, 0.15) is 0 Å². The molecule has 0 aliphatic carbocycles. The van der Waals surface area contributed by atoms with Crippen molar-refractivity contribution < 1.29 is 13.2 Å². The molecule has 6 nitrogen and oxygen atoms in total. The van der Waals surface area contributed by atoms with Crippen LogP contribution in [0.15, 0.2) is 72.8 Å². The number of anilines is 2. The van der Waals surface area contributed by atoms with E-state index in [1.807, 2.05) is 67.3 Å². The van der Waals surface area contributed by atoms with Crippen molar-refractivity contribution in [3.05, 3.63) is 95.1 Å². The number of amides is 1. The topological polar surface area (TPSA) is 60.9 Å². The van der Waals surface area contributed by atoms with E-state index in [1.54, 1.807) is 12.1 Å². The lowest BCUT2D eigenvalue weighted by Crippen LogP contribution is -2.48. The van der Waals surface area contributed by atoms with E-state index < -0.39 is 10.0 Å². The first-order valence-electron chi connectivity index (χ1n) is 11.5. The first-order valence-corrected chi connectivity index (χ1v) is 13.3. The summed E-state index contributed by atoms with van der Waals surface area (Å²) in [7, 11) is -3.46. The lowest BCUT2D eigenvalue weighted by atomic mass is 10.1. The lowest BCUT2D eigenvalue weighted by Gasteiger charge is -2.36. The summed E-state index contributed by atoms with van der Waals surface area (Å²) in [6.45, 7) is 7.13. The summed E-state index contributed by atoms with van der Waals surface area (Å²) in [6, 6.07) is 23.2. The molecule has 0 N–H and O–H groups in total. The minimum Gasteiger partial charge on any atom is -0.368 e. The SMILES string of the molecule is Cc1ccc(N(Cc2ccc(C(=O)N3CCN(c4ccccc4)CC3)cc2)S(C)(=O)=O)cc1C. The maximum absolute atomic E-state index is 13.0. The van der Waals surface area contributed by atoms with Crippen LogP contribution in [-0.2, 0) is 16.6 Å². The summed E-state index contributed by atoms with van der Waals surface area (Å²) in [5, 5.41) is 0. The van der Waals surface area contributed by atoms with Gasteiger partial charge in [-0.2, -0.15) is 0 Å². The summed E-state index contributed by atoms with van der Waals surface area (Å²) in [4.78, 5) is 17.2. The standard InChI is InChI=1S/C27H31N3O3S/c1-21-9-14-26(19-22(21)2)30(34(3,32)33)20-23-10-12-24(13-11-23)27(31)29-17-15-28(16-18-29)25-7-5-4-6-8-25/h4-14,19H,15-18,20H2,1-3H3. The minimum absolute atomic E-state index is 0.00777. The fourth-order valence-electron chi connectivity index (χ4n) is 4.19. The Morgan fingerprint density at radius 1 is 0.853 bits per heavy atom. The summed E-state index contributed by atoms with van der Waals surface area (Å²) in [5.74, 6) is 0.00777. The van der Waals surface area contributed by atoms with Crippen LogP contribution >= 0.6 is 0 Å². The molecule has 0 unspecified atom stereocenters. The Labute approximate surface area is 202 Å². The second-order valence-electron chi connectivity index (χ2n) is 8.85. The zero-order chi connectivity index (χ0) is 24.3. The summed E-state index contributed by atoms with van der Waals surface area (Å²) in [6.07, 6.45) is 1.22. The molecule has 178 valence electrons. The zero-order valence-electron chi connectivity index (χ0n) is 19.9. The van der Waals surface area contributed by atoms with Crippen LogP contribution < -0.4 is 9.21 Å². The highest BCUT2D eigenvalue weighted by Crippen LogP contribution is 2.24. The molecule has 1 amide bonds. The van der Waals surface area contributed by atoms with Gasteiger partial charge in [-0.05, 0) is 66.9 Å². The fourth-order valence-corrected chi connectivity index (χ4v) is 5.07. The molecule has 0 atom stereocenters. The number of rotatable bonds is 6. The van der Waals surface area contributed by atoms with Crippen molar-refractivity contribution >= 4 is 27.3 Å². The van der Waals surface area contributed by atoms with Crippen molar-refractivity contribution in [2.24, 2.45) is 0 Å². The molecule has 1 heterocycles. The maximum Gasteiger partial charge on any atom is 0.253 e. The van der Waals surface area contributed by atoms with Crippen LogP contribution in [0.2, 0.25) is 0 Å². The number of nitrogens with zero attached hydrogens (tertiary/aromatic N) is 3. The maximum atomic E-state index is 13.0. The van der Waals surface area contributed by atoms with Crippen molar-refractivity contribution in [3.8, 4) is 0 Å². The molecule has 3 aromatic carbocycles. The van der Waals surface area contributed by atoms with Gasteiger partial charge in [-0.15, -0.1) is 0 Å². The van der Waals surface area contributed by atoms with Crippen molar-refractivity contribution in [1.82, 2.24) is 4.90 Å². The van der Waals surface area contributed by atoms with E-state index in [0.29, 0.717) is 24.3 Å². The van der Waals surface area contributed by atoms with Gasteiger partial charge in [-0.1, -0.05) is 36.4 Å². The predicted molar refractivity (Wildman–Crippen MR) is 138 cm³/mol. The Kier molecular flexibility index (Phi) is 6.93. The van der Waals surface area contributed by atoms with Crippen LogP contribution in [0.1, 0.15) is 27.0 Å². The molecule has 0 aromatic heterocycles. The van der Waals surface area contributed by atoms with E-state index in [-0.39, 0.29) is 12.5 Å². The highest BCUT2D eigenvalue weighted by atomic mass is 32.2. The normalized spacial score (nSPS) is 14.2. The third-order valence-electron chi connectivity index (χ3n) is 6.39. The quantitative estimate of drug-likeness (QED) is 0.533. The molecule has 3 aromatic rings. The van der Waals surface area contributed by atoms with Crippen LogP contribution in [0.4, 0.5) is 11.4 Å². The molecule has 0 bridgehead atoms. The summed E-state index contributed by atoms with van der Waals surface area (Å²) < 4.78 is 26.4. The monoisotopic (exact) mass is 477 g/mol. The number of carbonyl (C=O) groups is 1. The van der Waals surface area contributed by atoms with Gasteiger partial charge < -0.3 is 9.80 Å². The molecule has 1 saturated heterocycles. The zero-order valence-corrected chi connectivity index (χ0v) is 20.8. The third kappa shape index (κ3) is 5.42. The van der Waals surface area contributed by atoms with E-state index in [0.717, 1.165) is 29.8 Å². The Balaban J connectivity index is 1.43. The minimum atomic E-state index is -3.46. The molecule has 0 radical (unpaired) electrons. The van der Waals surface area contributed by atoms with E-state index in [9.17, 15) is 13.2 Å². The lowest BCUT2D eigenvalue weighted by molar-refractivity contribution is 0.0746. The number of para-hydroxylation sites is 1. The molecule has 1 aliphatic heterocycles. The molecule has 1 aliphatic rings. The van der Waals surface area contributed by atoms with Crippen molar-refractivity contribution in [1.29, 1.82) is 0 Å². The van der Waals surface area contributed by atoms with Crippen LogP contribution in [-0.4, -0.2) is 51.7 Å². The molecule has 4 rings (SSSR count). The average molecular weight is 478 g/mol. The van der Waals surface area contributed by atoms with Gasteiger partial charge in [-0.3, -0.25) is 9.10 Å². The molecule has 0 saturated carbocycles. The Hall–Kier alpha value is -3.32. The number of sulfonamides is 1. The molecule has 7 heteroatoms. The molecule has 34 heavy (non-hydrogen) atoms. The van der Waals surface area contributed by atoms with Crippen LogP contribution in [0.25, 0.3) is 0 Å². The summed E-state index contributed by atoms with van der Waals surface area (Å²) in [5.41, 5.74) is 5.42. The first kappa shape index (κ1) is 23.8. The van der Waals surface area contributed by atoms with Crippen molar-refractivity contribution in [2.75, 3.05) is 41.6 Å². The van der Waals surface area contributed by atoms with Gasteiger partial charge in [0.2, 0.25) is 10.0 Å². The Morgan fingerprint density at radius 2 is 1.50 bits per heavy atom.